The van der Waals surface area contributed by atoms with E-state index in [2.05, 4.69) is 22.6 Å². The first-order valence-corrected chi connectivity index (χ1v) is 18.3. The zero-order chi connectivity index (χ0) is 39.1. The van der Waals surface area contributed by atoms with Gasteiger partial charge in [0.15, 0.2) is 12.6 Å². The van der Waals surface area contributed by atoms with E-state index in [1.54, 1.807) is 13.8 Å². The molecule has 278 valence electrons. The molecule has 0 aromatic heterocycles. The molecular weight excluding hydrogens is 677 g/mol. The highest BCUT2D eigenvalue weighted by molar-refractivity contribution is 6.39. The van der Waals surface area contributed by atoms with E-state index in [-0.39, 0.29) is 34.9 Å². The molecule has 0 aliphatic heterocycles. The number of aliphatic hydroxyl groups is 1. The summed E-state index contributed by atoms with van der Waals surface area (Å²) in [5.41, 5.74) is 8.21. The molecule has 2 aliphatic rings. The third-order valence-corrected chi connectivity index (χ3v) is 9.48. The summed E-state index contributed by atoms with van der Waals surface area (Å²) in [6.07, 6.45) is 7.92. The first kappa shape index (κ1) is 39.2. The minimum atomic E-state index is -0.427. The number of anilines is 2. The topological polar surface area (TPSA) is 96.1 Å². The predicted octanol–water partition coefficient (Wildman–Crippen LogP) is 9.30. The minimum Gasteiger partial charge on any atom is -0.506 e. The second-order valence-electron chi connectivity index (χ2n) is 13.8. The number of aryl methyl sites for hydroxylation is 2. The molecule has 0 amide bonds. The van der Waals surface area contributed by atoms with E-state index in [0.29, 0.717) is 48.2 Å². The van der Waals surface area contributed by atoms with Crippen molar-refractivity contribution in [2.45, 2.75) is 66.6 Å². The molecule has 2 aliphatic carbocycles. The molecule has 2 atom stereocenters. The van der Waals surface area contributed by atoms with Crippen LogP contribution in [0.15, 0.2) is 138 Å². The fourth-order valence-electron chi connectivity index (χ4n) is 6.13. The Kier molecular flexibility index (Phi) is 12.5. The van der Waals surface area contributed by atoms with Crippen LogP contribution in [0, 0.1) is 13.8 Å². The highest BCUT2D eigenvalue weighted by atomic mass is 16.5. The van der Waals surface area contributed by atoms with Crippen LogP contribution in [0.3, 0.4) is 0 Å². The maximum Gasteiger partial charge on any atom is 0.333 e. The lowest BCUT2D eigenvalue weighted by Crippen LogP contribution is -2.32. The van der Waals surface area contributed by atoms with Crippen molar-refractivity contribution < 1.29 is 33.5 Å². The van der Waals surface area contributed by atoms with Gasteiger partial charge in [-0.3, -0.25) is 4.79 Å². The average molecular weight is 726 g/mol. The molecule has 2 unspecified atom stereocenters. The number of hydrogen-bond acceptors (Lipinski definition) is 7. The van der Waals surface area contributed by atoms with E-state index in [9.17, 15) is 19.5 Å². The van der Waals surface area contributed by atoms with E-state index in [1.165, 1.54) is 0 Å². The highest BCUT2D eigenvalue weighted by Gasteiger charge is 2.37. The Bertz CT molecular complexity index is 2090. The molecule has 0 saturated carbocycles. The smallest absolute Gasteiger partial charge is 0.333 e. The predicted molar refractivity (Wildman–Crippen MR) is 215 cm³/mol. The molecule has 1 N–H and O–H groups in total. The van der Waals surface area contributed by atoms with Gasteiger partial charge in [0, 0.05) is 46.8 Å². The first-order chi connectivity index (χ1) is 25.8. The third kappa shape index (κ3) is 8.94. The number of allylic oxidation sites excluding steroid dienone is 7. The lowest BCUT2D eigenvalue weighted by molar-refractivity contribution is -0.450. The van der Waals surface area contributed by atoms with E-state index in [1.807, 2.05) is 125 Å². The summed E-state index contributed by atoms with van der Waals surface area (Å²) in [5, 5.41) is 11.3. The van der Waals surface area contributed by atoms with E-state index in [0.717, 1.165) is 33.9 Å². The van der Waals surface area contributed by atoms with Crippen molar-refractivity contribution in [3.63, 3.8) is 0 Å². The zero-order valence-electron chi connectivity index (χ0n) is 32.0. The quantitative estimate of drug-likeness (QED) is 0.101. The van der Waals surface area contributed by atoms with E-state index < -0.39 is 11.9 Å². The average Bonchev–Trinajstić information content (AvgIpc) is 3.16. The van der Waals surface area contributed by atoms with Crippen LogP contribution < -0.4 is 4.90 Å². The van der Waals surface area contributed by atoms with Crippen LogP contribution in [-0.4, -0.2) is 58.4 Å². The number of carbonyl (C=O) groups is 3. The molecule has 5 rings (SSSR count). The Morgan fingerprint density at radius 1 is 0.722 bits per heavy atom. The van der Waals surface area contributed by atoms with Crippen molar-refractivity contribution in [2.24, 2.45) is 0 Å². The number of ketones is 1. The maximum atomic E-state index is 13.6. The Hall–Kier alpha value is -6.02. The van der Waals surface area contributed by atoms with Crippen LogP contribution in [0.5, 0.6) is 0 Å². The largest absolute Gasteiger partial charge is 0.506 e. The van der Waals surface area contributed by atoms with Crippen LogP contribution >= 0.6 is 0 Å². The fourth-order valence-corrected chi connectivity index (χ4v) is 6.13. The van der Waals surface area contributed by atoms with E-state index >= 15 is 0 Å². The third-order valence-electron chi connectivity index (χ3n) is 9.48. The summed E-state index contributed by atoms with van der Waals surface area (Å²) in [6, 6.07) is 23.7. The van der Waals surface area contributed by atoms with E-state index in [4.69, 9.17) is 9.47 Å². The van der Waals surface area contributed by atoms with Crippen molar-refractivity contribution in [1.82, 2.24) is 0 Å². The summed E-state index contributed by atoms with van der Waals surface area (Å²) in [6.45, 7) is 19.5. The lowest BCUT2D eigenvalue weighted by atomic mass is 9.80. The number of aliphatic hydroxyl groups excluding tert-OH is 1. The van der Waals surface area contributed by atoms with Gasteiger partial charge in [-0.15, -0.1) is 0 Å². The number of Topliss-reactive ketones (excluding diaryl/α,β-unsaturated/α-hetero) is 1. The molecule has 0 spiro atoms. The molecule has 8 heteroatoms. The van der Waals surface area contributed by atoms with Gasteiger partial charge < -0.3 is 19.5 Å². The number of benzene rings is 3. The second-order valence-corrected chi connectivity index (χ2v) is 13.8. The number of carbonyl (C=O) groups excluding carboxylic acids is 3. The molecule has 3 aromatic rings. The van der Waals surface area contributed by atoms with Crippen LogP contribution in [0.1, 0.15) is 57.2 Å². The number of esters is 2. The minimum absolute atomic E-state index is 0.0539. The van der Waals surface area contributed by atoms with Crippen LogP contribution in [-0.2, 0) is 23.9 Å². The van der Waals surface area contributed by atoms with Crippen LogP contribution in [0.4, 0.5) is 17.1 Å². The zero-order valence-corrected chi connectivity index (χ0v) is 32.0. The molecule has 3 aromatic carbocycles. The standard InChI is InChI=1S/C46H48N2O6/c1-9-39(53-45(51)29(3)4)27-47(35-19-11-31(7)12-20-35)37-23-15-33(16-24-37)41-43(49)42(44(41)50)34-17-25-38(26-18-34)48(36-21-13-32(8)14-22-36)28-40(10-2)54-46(52)30(5)6/h11-26,39-40H,3,5,9-10,27-28H2,1-2,4,6-8H3/p+1. The summed E-state index contributed by atoms with van der Waals surface area (Å²) in [5.74, 6) is -1.15. The molecule has 0 saturated heterocycles. The normalized spacial score (nSPS) is 14.7. The molecule has 54 heavy (non-hydrogen) atoms. The van der Waals surface area contributed by atoms with Gasteiger partial charge in [-0.1, -0.05) is 74.5 Å². The SMILES string of the molecule is C=C(C)C(=O)OC(CC)CN(c1ccc(C)cc1)c1ccc(C2=C(O)C(=C3C=CC(=[N+](CC(CC)OC(=O)C(=C)C)c4ccc(C)cc4)C=C3)C2=O)cc1. The molecule has 0 fully saturated rings. The van der Waals surface area contributed by atoms with Gasteiger partial charge in [0.05, 0.1) is 17.7 Å². The van der Waals surface area contributed by atoms with Gasteiger partial charge in [0.1, 0.15) is 11.9 Å². The number of hydrogen-bond donors (Lipinski definition) is 1. The molecule has 8 nitrogen and oxygen atoms in total. The van der Waals surface area contributed by atoms with Crippen molar-refractivity contribution in [1.29, 1.82) is 0 Å². The number of rotatable bonds is 14. The van der Waals surface area contributed by atoms with Crippen LogP contribution in [0.2, 0.25) is 0 Å². The van der Waals surface area contributed by atoms with Gasteiger partial charge in [-0.25, -0.2) is 9.59 Å². The fraction of sp³-hybridized carbons (Fsp3) is 0.261. The summed E-state index contributed by atoms with van der Waals surface area (Å²) >= 11 is 0. The number of nitrogens with zero attached hydrogens (tertiary/aromatic N) is 2. The van der Waals surface area contributed by atoms with Gasteiger partial charge in [0.25, 0.3) is 0 Å². The number of ether oxygens (including phenoxy) is 2. The summed E-state index contributed by atoms with van der Waals surface area (Å²) in [4.78, 5) is 40.4. The second kappa shape index (κ2) is 17.2. The molecule has 0 bridgehead atoms. The Morgan fingerprint density at radius 2 is 1.20 bits per heavy atom. The molecular formula is C46H49N2O6+. The van der Waals surface area contributed by atoms with Crippen molar-refractivity contribution in [3.8, 4) is 0 Å². The molecule has 0 radical (unpaired) electrons. The molecule has 0 heterocycles. The van der Waals surface area contributed by atoms with Gasteiger partial charge >= 0.3 is 11.9 Å². The maximum absolute atomic E-state index is 13.6. The Balaban J connectivity index is 1.42. The van der Waals surface area contributed by atoms with Gasteiger partial charge in [-0.2, -0.15) is 4.58 Å². The highest BCUT2D eigenvalue weighted by Crippen LogP contribution is 2.40. The van der Waals surface area contributed by atoms with Crippen LogP contribution in [0.25, 0.3) is 5.57 Å². The Morgan fingerprint density at radius 3 is 1.69 bits per heavy atom. The van der Waals surface area contributed by atoms with Crippen molar-refractivity contribution in [3.05, 3.63) is 155 Å². The lowest BCUT2D eigenvalue weighted by Gasteiger charge is -2.30. The van der Waals surface area contributed by atoms with Crippen molar-refractivity contribution in [2.75, 3.05) is 18.0 Å². The first-order valence-electron chi connectivity index (χ1n) is 18.3. The summed E-state index contributed by atoms with van der Waals surface area (Å²) in [7, 11) is 0. The van der Waals surface area contributed by atoms with Gasteiger partial charge in [-0.05, 0) is 88.1 Å². The monoisotopic (exact) mass is 725 g/mol. The Labute approximate surface area is 318 Å². The van der Waals surface area contributed by atoms with Crippen molar-refractivity contribution >= 4 is 46.1 Å². The summed E-state index contributed by atoms with van der Waals surface area (Å²) < 4.78 is 13.5. The van der Waals surface area contributed by atoms with Gasteiger partial charge in [0.2, 0.25) is 17.2 Å².